The van der Waals surface area contributed by atoms with E-state index in [-0.39, 0.29) is 25.4 Å². The van der Waals surface area contributed by atoms with Crippen LogP contribution in [0.3, 0.4) is 0 Å². The molecule has 2 atom stereocenters. The van der Waals surface area contributed by atoms with Gasteiger partial charge in [0.15, 0.2) is 0 Å². The third-order valence-electron chi connectivity index (χ3n) is 5.37. The molecule has 4 aliphatic heterocycles. The Morgan fingerprint density at radius 2 is 0.862 bits per heavy atom. The molecule has 0 aromatic carbocycles. The molecule has 0 radical (unpaired) electrons. The molecule has 0 aromatic rings. The first-order valence-electron chi connectivity index (χ1n) is 9.81. The molecule has 4 rings (SSSR count). The molecule has 11 heteroatoms. The minimum Gasteiger partial charge on any atom is -0.390 e. The summed E-state index contributed by atoms with van der Waals surface area (Å²) in [5.74, 6) is -1.98. The van der Waals surface area contributed by atoms with Gasteiger partial charge in [-0.1, -0.05) is 6.58 Å². The van der Waals surface area contributed by atoms with E-state index < -0.39 is 24.1 Å². The van der Waals surface area contributed by atoms with Crippen LogP contribution < -0.4 is 0 Å². The molecule has 2 unspecified atom stereocenters. The summed E-state index contributed by atoms with van der Waals surface area (Å²) in [4.78, 5) is 45.9. The van der Waals surface area contributed by atoms with Crippen molar-refractivity contribution in [1.82, 2.24) is 19.6 Å². The zero-order valence-electron chi connectivity index (χ0n) is 16.3. The number of rotatable bonds is 0. The molecule has 11 nitrogen and oxygen atoms in total. The highest BCUT2D eigenvalue weighted by molar-refractivity contribution is 5.76. The summed E-state index contributed by atoms with van der Waals surface area (Å²) in [5, 5.41) is 0. The van der Waals surface area contributed by atoms with Crippen molar-refractivity contribution >= 4 is 17.9 Å². The average Bonchev–Trinajstić information content (AvgIpc) is 2.67. The number of nitrogens with zero attached hydrogens (tertiary/aromatic N) is 4. The normalized spacial score (nSPS) is 38.9. The predicted octanol–water partition coefficient (Wildman–Crippen LogP) is -1.98. The van der Waals surface area contributed by atoms with Gasteiger partial charge in [0.25, 0.3) is 0 Å². The molecule has 0 saturated carbocycles. The van der Waals surface area contributed by atoms with Gasteiger partial charge in [0.1, 0.15) is 5.76 Å². The highest BCUT2D eigenvalue weighted by atomic mass is 17.0. The van der Waals surface area contributed by atoms with Gasteiger partial charge in [-0.3, -0.25) is 34.0 Å². The summed E-state index contributed by atoms with van der Waals surface area (Å²) in [6.45, 7) is 9.03. The van der Waals surface area contributed by atoms with Crippen molar-refractivity contribution in [3.8, 4) is 0 Å². The molecule has 29 heavy (non-hydrogen) atoms. The Kier molecular flexibility index (Phi) is 5.72. The fourth-order valence-corrected chi connectivity index (χ4v) is 3.86. The summed E-state index contributed by atoms with van der Waals surface area (Å²) < 4.78 is 21.6. The molecule has 0 amide bonds. The fourth-order valence-electron chi connectivity index (χ4n) is 3.86. The molecule has 4 aliphatic rings. The Labute approximate surface area is 168 Å². The largest absolute Gasteiger partial charge is 0.617 e. The molecule has 4 fully saturated rings. The highest BCUT2D eigenvalue weighted by Gasteiger charge is 2.50. The molecule has 160 valence electrons. The predicted molar refractivity (Wildman–Crippen MR) is 97.0 cm³/mol. The van der Waals surface area contributed by atoms with Crippen molar-refractivity contribution in [3.63, 3.8) is 0 Å². The second kappa shape index (κ2) is 8.27. The lowest BCUT2D eigenvalue weighted by atomic mass is 10.3. The molecule has 5 bridgehead atoms. The molecule has 0 aromatic heterocycles. The molecular weight excluding hydrogens is 384 g/mol. The average molecular weight is 410 g/mol. The first-order valence-corrected chi connectivity index (χ1v) is 9.81. The number of hydrogen-bond acceptors (Lipinski definition) is 11. The lowest BCUT2D eigenvalue weighted by Crippen LogP contribution is -2.50. The van der Waals surface area contributed by atoms with E-state index in [4.69, 9.17) is 18.9 Å². The first kappa shape index (κ1) is 20.1. The zero-order valence-corrected chi connectivity index (χ0v) is 16.3. The smallest absolute Gasteiger partial charge is 0.390 e. The van der Waals surface area contributed by atoms with Crippen molar-refractivity contribution in [1.29, 1.82) is 0 Å². The monoisotopic (exact) mass is 410 g/mol. The van der Waals surface area contributed by atoms with Gasteiger partial charge >= 0.3 is 24.1 Å². The van der Waals surface area contributed by atoms with Crippen LogP contribution in [-0.2, 0) is 33.3 Å². The number of hydrogen-bond donors (Lipinski definition) is 0. The maximum Gasteiger partial charge on any atom is 0.617 e. The van der Waals surface area contributed by atoms with Crippen molar-refractivity contribution in [3.05, 3.63) is 12.3 Å². The van der Waals surface area contributed by atoms with Gasteiger partial charge in [-0.2, -0.15) is 0 Å². The third kappa shape index (κ3) is 5.04. The van der Waals surface area contributed by atoms with Gasteiger partial charge in [-0.15, -0.1) is 0 Å². The Hall–Kier alpha value is -2.21. The minimum atomic E-state index is -2.61. The summed E-state index contributed by atoms with van der Waals surface area (Å²) in [5.41, 5.74) is 0. The number of carbonyl (C=O) groups is 3. The van der Waals surface area contributed by atoms with Crippen molar-refractivity contribution < 1.29 is 33.3 Å². The van der Waals surface area contributed by atoms with E-state index in [1.54, 1.807) is 0 Å². The van der Waals surface area contributed by atoms with Gasteiger partial charge in [-0.25, -0.2) is 0 Å². The molecular formula is C18H26N4O7. The van der Waals surface area contributed by atoms with E-state index in [1.165, 1.54) is 0 Å². The highest BCUT2D eigenvalue weighted by Crippen LogP contribution is 2.25. The van der Waals surface area contributed by atoms with Crippen LogP contribution in [0.25, 0.3) is 0 Å². The molecule has 0 aliphatic carbocycles. The van der Waals surface area contributed by atoms with Crippen LogP contribution in [-0.4, -0.2) is 122 Å². The Morgan fingerprint density at radius 3 is 1.21 bits per heavy atom. The van der Waals surface area contributed by atoms with Gasteiger partial charge in [0.2, 0.25) is 0 Å². The van der Waals surface area contributed by atoms with E-state index in [2.05, 4.69) is 11.5 Å². The zero-order chi connectivity index (χ0) is 20.4. The van der Waals surface area contributed by atoms with E-state index >= 15 is 0 Å². The Balaban J connectivity index is 1.83. The minimum absolute atomic E-state index is 0.0412. The van der Waals surface area contributed by atoms with Gasteiger partial charge in [-0.05, 0) is 0 Å². The second-order valence-corrected chi connectivity index (χ2v) is 7.67. The lowest BCUT2D eigenvalue weighted by molar-refractivity contribution is -0.437. The van der Waals surface area contributed by atoms with Crippen LogP contribution in [0.2, 0.25) is 0 Å². The SMILES string of the molecule is C=C1CN2CCN3CCN4CCN(CC2)CC(=O)OC(O1)(OC(=O)C3)OC(=O)C4. The molecule has 0 N–H and O–H groups in total. The first-order chi connectivity index (χ1) is 13.9. The van der Waals surface area contributed by atoms with Crippen LogP contribution in [0, 0.1) is 0 Å². The number of ether oxygens (including phenoxy) is 4. The number of fused-ring (bicyclic) bond motifs is 12. The quantitative estimate of drug-likeness (QED) is 0.415. The van der Waals surface area contributed by atoms with Crippen molar-refractivity contribution in [2.75, 3.05) is 78.5 Å². The summed E-state index contributed by atoms with van der Waals surface area (Å²) in [6, 6.07) is 0. The van der Waals surface area contributed by atoms with E-state index in [0.29, 0.717) is 58.9 Å². The molecule has 1 spiro atoms. The van der Waals surface area contributed by atoms with E-state index in [1.807, 2.05) is 14.7 Å². The van der Waals surface area contributed by atoms with E-state index in [9.17, 15) is 14.4 Å². The van der Waals surface area contributed by atoms with Gasteiger partial charge in [0.05, 0.1) is 26.2 Å². The number of carbonyl (C=O) groups excluding carboxylic acids is 3. The maximum atomic E-state index is 12.6. The third-order valence-corrected chi connectivity index (χ3v) is 5.37. The van der Waals surface area contributed by atoms with Gasteiger partial charge < -0.3 is 18.9 Å². The fraction of sp³-hybridized carbons (Fsp3) is 0.722. The van der Waals surface area contributed by atoms with Crippen LogP contribution in [0.5, 0.6) is 0 Å². The van der Waals surface area contributed by atoms with Crippen molar-refractivity contribution in [2.24, 2.45) is 0 Å². The summed E-state index contributed by atoms with van der Waals surface area (Å²) in [6.07, 6.45) is -2.61. The number of esters is 3. The van der Waals surface area contributed by atoms with Crippen LogP contribution in [0.4, 0.5) is 0 Å². The van der Waals surface area contributed by atoms with Crippen LogP contribution in [0.15, 0.2) is 12.3 Å². The second-order valence-electron chi connectivity index (χ2n) is 7.67. The Morgan fingerprint density at radius 1 is 0.552 bits per heavy atom. The summed E-state index contributed by atoms with van der Waals surface area (Å²) in [7, 11) is 0. The topological polar surface area (TPSA) is 101 Å². The maximum absolute atomic E-state index is 12.6. The van der Waals surface area contributed by atoms with Crippen LogP contribution >= 0.6 is 0 Å². The molecule has 4 heterocycles. The standard InChI is InChI=1S/C18H26N4O7/c1-14-10-19-2-4-20-6-8-22-9-7-21(5-3-19)12-16(24)28-18(26-14,27-15(23)11-20)29-17(25)13-22/h1-13H2. The van der Waals surface area contributed by atoms with Crippen molar-refractivity contribution in [2.45, 2.75) is 6.16 Å². The summed E-state index contributed by atoms with van der Waals surface area (Å²) >= 11 is 0. The Bertz CT molecular complexity index is 566. The van der Waals surface area contributed by atoms with Gasteiger partial charge in [0, 0.05) is 52.4 Å². The molecule has 4 saturated heterocycles. The lowest BCUT2D eigenvalue weighted by Gasteiger charge is -2.32. The van der Waals surface area contributed by atoms with Crippen LogP contribution in [0.1, 0.15) is 0 Å². The van der Waals surface area contributed by atoms with E-state index in [0.717, 1.165) is 0 Å².